The minimum Gasteiger partial charge on any atom is -0.329 e. The van der Waals surface area contributed by atoms with Gasteiger partial charge in [0.2, 0.25) is 11.8 Å². The standard InChI is InChI=1S/C21H26N4O3/c22-12-21-8-6-15(21)7-9-24(21)10-13-2-1-3-14-11-25(20(28)18(13)14)16-4-5-17(26)23-19(16)27/h1-3,15-16H,4-12,22H2,(H,23,26,27). The van der Waals surface area contributed by atoms with Crippen LogP contribution >= 0.6 is 0 Å². The summed E-state index contributed by atoms with van der Waals surface area (Å²) < 4.78 is 0. The highest BCUT2D eigenvalue weighted by Crippen LogP contribution is 2.50. The molecule has 0 spiro atoms. The molecule has 5 rings (SSSR count). The molecule has 7 nitrogen and oxygen atoms in total. The van der Waals surface area contributed by atoms with E-state index >= 15 is 0 Å². The second-order valence-corrected chi connectivity index (χ2v) is 8.60. The van der Waals surface area contributed by atoms with Crippen molar-refractivity contribution in [1.29, 1.82) is 0 Å². The first-order chi connectivity index (χ1) is 13.5. The Labute approximate surface area is 164 Å². The summed E-state index contributed by atoms with van der Waals surface area (Å²) in [5, 5.41) is 2.36. The van der Waals surface area contributed by atoms with Crippen molar-refractivity contribution in [3.05, 3.63) is 34.9 Å². The average Bonchev–Trinajstić information content (AvgIpc) is 3.10. The number of amides is 3. The summed E-state index contributed by atoms with van der Waals surface area (Å²) in [6, 6.07) is 5.43. The largest absolute Gasteiger partial charge is 0.329 e. The summed E-state index contributed by atoms with van der Waals surface area (Å²) in [7, 11) is 0. The maximum Gasteiger partial charge on any atom is 0.255 e. The fourth-order valence-electron chi connectivity index (χ4n) is 5.71. The number of nitrogens with one attached hydrogen (secondary N) is 1. The first kappa shape index (κ1) is 17.8. The topological polar surface area (TPSA) is 95.7 Å². The first-order valence-corrected chi connectivity index (χ1v) is 10.2. The molecule has 1 aromatic rings. The van der Waals surface area contributed by atoms with Crippen molar-refractivity contribution in [2.75, 3.05) is 13.1 Å². The zero-order valence-electron chi connectivity index (χ0n) is 15.9. The fourth-order valence-corrected chi connectivity index (χ4v) is 5.71. The Morgan fingerprint density at radius 1 is 1.18 bits per heavy atom. The van der Waals surface area contributed by atoms with E-state index in [2.05, 4.69) is 10.2 Å². The second kappa shape index (κ2) is 6.39. The number of likely N-dealkylation sites (tertiary alicyclic amines) is 1. The summed E-state index contributed by atoms with van der Waals surface area (Å²) in [4.78, 5) is 41.1. The molecule has 3 unspecified atom stereocenters. The molecular formula is C21H26N4O3. The van der Waals surface area contributed by atoms with Crippen molar-refractivity contribution in [1.82, 2.24) is 15.1 Å². The summed E-state index contributed by atoms with van der Waals surface area (Å²) in [6.07, 6.45) is 4.24. The number of carbonyl (C=O) groups excluding carboxylic acids is 3. The van der Waals surface area contributed by atoms with Crippen molar-refractivity contribution in [3.8, 4) is 0 Å². The molecule has 0 radical (unpaired) electrons. The lowest BCUT2D eigenvalue weighted by Crippen LogP contribution is -2.58. The molecule has 3 fully saturated rings. The van der Waals surface area contributed by atoms with Crippen LogP contribution in [0.25, 0.3) is 0 Å². The van der Waals surface area contributed by atoms with Crippen LogP contribution in [-0.2, 0) is 22.7 Å². The van der Waals surface area contributed by atoms with Gasteiger partial charge in [0, 0.05) is 37.2 Å². The Morgan fingerprint density at radius 3 is 2.75 bits per heavy atom. The Kier molecular flexibility index (Phi) is 4.07. The van der Waals surface area contributed by atoms with Gasteiger partial charge < -0.3 is 10.6 Å². The molecule has 1 aromatic carbocycles. The van der Waals surface area contributed by atoms with E-state index in [9.17, 15) is 14.4 Å². The van der Waals surface area contributed by atoms with E-state index in [1.165, 1.54) is 12.8 Å². The van der Waals surface area contributed by atoms with E-state index < -0.39 is 6.04 Å². The van der Waals surface area contributed by atoms with Crippen molar-refractivity contribution in [3.63, 3.8) is 0 Å². The van der Waals surface area contributed by atoms with Crippen LogP contribution in [0.4, 0.5) is 0 Å². The summed E-state index contributed by atoms with van der Waals surface area (Å²) in [5.41, 5.74) is 8.99. The maximum absolute atomic E-state index is 13.2. The van der Waals surface area contributed by atoms with Crippen LogP contribution < -0.4 is 11.1 Å². The van der Waals surface area contributed by atoms with Gasteiger partial charge in [-0.15, -0.1) is 0 Å². The quantitative estimate of drug-likeness (QED) is 0.750. The highest BCUT2D eigenvalue weighted by molar-refractivity contribution is 6.06. The molecule has 28 heavy (non-hydrogen) atoms. The fraction of sp³-hybridized carbons (Fsp3) is 0.571. The molecule has 3 heterocycles. The summed E-state index contributed by atoms with van der Waals surface area (Å²) >= 11 is 0. The Bertz CT molecular complexity index is 865. The monoisotopic (exact) mass is 382 g/mol. The Hall–Kier alpha value is -2.25. The van der Waals surface area contributed by atoms with Gasteiger partial charge in [0.1, 0.15) is 6.04 Å². The SMILES string of the molecule is NCC12CCC1CCN2Cc1cccc2c1C(=O)N(C1CCC(=O)NC1=O)C2. The van der Waals surface area contributed by atoms with E-state index in [4.69, 9.17) is 5.73 Å². The number of carbonyl (C=O) groups is 3. The molecule has 3 aliphatic heterocycles. The lowest BCUT2D eigenvalue weighted by molar-refractivity contribution is -0.136. The normalized spacial score (nSPS) is 32.2. The van der Waals surface area contributed by atoms with Crippen molar-refractivity contribution >= 4 is 17.7 Å². The number of piperidine rings is 1. The number of hydrogen-bond donors (Lipinski definition) is 2. The first-order valence-electron chi connectivity index (χ1n) is 10.2. The number of rotatable bonds is 4. The average molecular weight is 382 g/mol. The second-order valence-electron chi connectivity index (χ2n) is 8.60. The van der Waals surface area contributed by atoms with Crippen LogP contribution in [0.1, 0.15) is 53.6 Å². The van der Waals surface area contributed by atoms with Gasteiger partial charge >= 0.3 is 0 Å². The van der Waals surface area contributed by atoms with Crippen LogP contribution in [0.15, 0.2) is 18.2 Å². The smallest absolute Gasteiger partial charge is 0.255 e. The van der Waals surface area contributed by atoms with Gasteiger partial charge in [0.05, 0.1) is 0 Å². The highest BCUT2D eigenvalue weighted by atomic mass is 16.2. The summed E-state index contributed by atoms with van der Waals surface area (Å²) in [6.45, 7) is 2.85. The molecule has 0 aromatic heterocycles. The molecule has 3 atom stereocenters. The van der Waals surface area contributed by atoms with E-state index in [1.807, 2.05) is 18.2 Å². The predicted octanol–water partition coefficient (Wildman–Crippen LogP) is 0.761. The van der Waals surface area contributed by atoms with Gasteiger partial charge in [0.15, 0.2) is 0 Å². The molecule has 4 aliphatic rings. The van der Waals surface area contributed by atoms with Crippen molar-refractivity contribution in [2.45, 2.75) is 56.8 Å². The van der Waals surface area contributed by atoms with Crippen LogP contribution in [0.2, 0.25) is 0 Å². The number of hydrogen-bond acceptors (Lipinski definition) is 5. The van der Waals surface area contributed by atoms with Crippen molar-refractivity contribution < 1.29 is 14.4 Å². The van der Waals surface area contributed by atoms with E-state index in [0.29, 0.717) is 25.4 Å². The molecule has 1 aliphatic carbocycles. The molecular weight excluding hydrogens is 356 g/mol. The molecule has 2 saturated heterocycles. The third-order valence-electron chi connectivity index (χ3n) is 7.42. The van der Waals surface area contributed by atoms with Gasteiger partial charge in [-0.1, -0.05) is 18.2 Å². The van der Waals surface area contributed by atoms with Gasteiger partial charge in [-0.25, -0.2) is 0 Å². The zero-order valence-corrected chi connectivity index (χ0v) is 15.9. The molecule has 3 amide bonds. The van der Waals surface area contributed by atoms with Crippen LogP contribution in [0.3, 0.4) is 0 Å². The van der Waals surface area contributed by atoms with Crippen molar-refractivity contribution in [2.24, 2.45) is 11.7 Å². The highest BCUT2D eigenvalue weighted by Gasteiger charge is 2.53. The molecule has 0 bridgehead atoms. The Morgan fingerprint density at radius 2 is 2.04 bits per heavy atom. The van der Waals surface area contributed by atoms with E-state index in [-0.39, 0.29) is 29.7 Å². The van der Waals surface area contributed by atoms with Gasteiger partial charge in [-0.05, 0) is 49.3 Å². The molecule has 148 valence electrons. The number of nitrogens with zero attached hydrogens (tertiary/aromatic N) is 2. The van der Waals surface area contributed by atoms with Crippen LogP contribution in [0.5, 0.6) is 0 Å². The van der Waals surface area contributed by atoms with E-state index in [1.54, 1.807) is 4.90 Å². The number of imide groups is 1. The van der Waals surface area contributed by atoms with Gasteiger partial charge in [0.25, 0.3) is 5.91 Å². The third kappa shape index (κ3) is 2.46. The molecule has 7 heteroatoms. The molecule has 1 saturated carbocycles. The van der Waals surface area contributed by atoms with Crippen LogP contribution in [0, 0.1) is 5.92 Å². The zero-order chi connectivity index (χ0) is 19.5. The molecule has 3 N–H and O–H groups in total. The number of nitrogens with two attached hydrogens (primary N) is 1. The Balaban J connectivity index is 1.40. The van der Waals surface area contributed by atoms with E-state index in [0.717, 1.165) is 36.2 Å². The lowest BCUT2D eigenvalue weighted by Gasteiger charge is -2.49. The van der Waals surface area contributed by atoms with Crippen LogP contribution in [-0.4, -0.2) is 52.2 Å². The number of fused-ring (bicyclic) bond motifs is 2. The predicted molar refractivity (Wildman–Crippen MR) is 102 cm³/mol. The lowest BCUT2D eigenvalue weighted by atomic mass is 9.67. The minimum atomic E-state index is -0.566. The maximum atomic E-state index is 13.2. The number of benzene rings is 1. The minimum absolute atomic E-state index is 0.0914. The van der Waals surface area contributed by atoms with Gasteiger partial charge in [-0.3, -0.25) is 24.6 Å². The van der Waals surface area contributed by atoms with Gasteiger partial charge in [-0.2, -0.15) is 0 Å². The third-order valence-corrected chi connectivity index (χ3v) is 7.42. The summed E-state index contributed by atoms with van der Waals surface area (Å²) in [5.74, 6) is -0.0312.